The second-order valence-corrected chi connectivity index (χ2v) is 5.39. The summed E-state index contributed by atoms with van der Waals surface area (Å²) in [6.45, 7) is 7.82. The summed E-state index contributed by atoms with van der Waals surface area (Å²) >= 11 is 0. The predicted molar refractivity (Wildman–Crippen MR) is 85.5 cm³/mol. The van der Waals surface area contributed by atoms with E-state index in [9.17, 15) is 9.59 Å². The van der Waals surface area contributed by atoms with Crippen molar-refractivity contribution < 1.29 is 19.1 Å². The van der Waals surface area contributed by atoms with Gasteiger partial charge in [-0.05, 0) is 38.2 Å². The van der Waals surface area contributed by atoms with Crippen LogP contribution in [0, 0.1) is 5.41 Å². The minimum Gasteiger partial charge on any atom is -0.465 e. The van der Waals surface area contributed by atoms with Crippen LogP contribution in [0.5, 0.6) is 0 Å². The maximum atomic E-state index is 12.5. The van der Waals surface area contributed by atoms with Crippen LogP contribution in [0.4, 0.5) is 0 Å². The largest absolute Gasteiger partial charge is 0.465 e. The lowest BCUT2D eigenvalue weighted by atomic mass is 9.75. The lowest BCUT2D eigenvalue weighted by molar-refractivity contribution is -0.173. The van der Waals surface area contributed by atoms with Gasteiger partial charge in [0.25, 0.3) is 0 Å². The zero-order chi connectivity index (χ0) is 16.6. The van der Waals surface area contributed by atoms with Crippen LogP contribution < -0.4 is 0 Å². The molecule has 1 atom stereocenters. The first-order chi connectivity index (χ1) is 10.5. The SMILES string of the molecule is CCOC(=O)C(CC)(CC(C)c1ccccc1)C(=O)OCC. The van der Waals surface area contributed by atoms with E-state index in [1.165, 1.54) is 0 Å². The molecule has 0 aromatic heterocycles. The molecule has 0 spiro atoms. The van der Waals surface area contributed by atoms with E-state index in [0.29, 0.717) is 12.8 Å². The zero-order valence-electron chi connectivity index (χ0n) is 13.9. The van der Waals surface area contributed by atoms with E-state index >= 15 is 0 Å². The number of carbonyl (C=O) groups excluding carboxylic acids is 2. The van der Waals surface area contributed by atoms with E-state index in [1.54, 1.807) is 13.8 Å². The first-order valence-electron chi connectivity index (χ1n) is 7.91. The molecule has 1 aromatic rings. The summed E-state index contributed by atoms with van der Waals surface area (Å²) in [7, 11) is 0. The van der Waals surface area contributed by atoms with Crippen molar-refractivity contribution >= 4 is 11.9 Å². The van der Waals surface area contributed by atoms with Gasteiger partial charge < -0.3 is 9.47 Å². The van der Waals surface area contributed by atoms with Gasteiger partial charge in [-0.1, -0.05) is 44.2 Å². The van der Waals surface area contributed by atoms with Crippen LogP contribution in [0.15, 0.2) is 30.3 Å². The van der Waals surface area contributed by atoms with Crippen LogP contribution in [-0.4, -0.2) is 25.2 Å². The van der Waals surface area contributed by atoms with Crippen LogP contribution in [0.25, 0.3) is 0 Å². The van der Waals surface area contributed by atoms with Crippen molar-refractivity contribution in [2.75, 3.05) is 13.2 Å². The summed E-state index contributed by atoms with van der Waals surface area (Å²) in [5.74, 6) is -0.924. The van der Waals surface area contributed by atoms with Gasteiger partial charge in [-0.2, -0.15) is 0 Å². The van der Waals surface area contributed by atoms with Crippen LogP contribution in [-0.2, 0) is 19.1 Å². The maximum Gasteiger partial charge on any atom is 0.323 e. The Morgan fingerprint density at radius 1 is 1.00 bits per heavy atom. The average Bonchev–Trinajstić information content (AvgIpc) is 2.53. The number of esters is 2. The normalized spacial score (nSPS) is 12.5. The summed E-state index contributed by atoms with van der Waals surface area (Å²) in [6.07, 6.45) is 0.743. The Balaban J connectivity index is 3.08. The minimum absolute atomic E-state index is 0.0509. The molecule has 1 unspecified atom stereocenters. The molecule has 0 heterocycles. The molecular weight excluding hydrogens is 280 g/mol. The molecule has 0 aliphatic heterocycles. The van der Waals surface area contributed by atoms with Crippen molar-refractivity contribution in [2.24, 2.45) is 5.41 Å². The summed E-state index contributed by atoms with van der Waals surface area (Å²) in [5, 5.41) is 0. The van der Waals surface area contributed by atoms with E-state index < -0.39 is 17.4 Å². The molecule has 0 aliphatic carbocycles. The van der Waals surface area contributed by atoms with Crippen LogP contribution >= 0.6 is 0 Å². The van der Waals surface area contributed by atoms with Crippen molar-refractivity contribution in [1.82, 2.24) is 0 Å². The number of ether oxygens (including phenoxy) is 2. The molecule has 1 aromatic carbocycles. The van der Waals surface area contributed by atoms with Gasteiger partial charge in [0.1, 0.15) is 0 Å². The third-order valence-corrected chi connectivity index (χ3v) is 3.96. The van der Waals surface area contributed by atoms with Gasteiger partial charge in [0.05, 0.1) is 13.2 Å². The fraction of sp³-hybridized carbons (Fsp3) is 0.556. The molecule has 4 heteroatoms. The highest BCUT2D eigenvalue weighted by Gasteiger charge is 2.48. The Labute approximate surface area is 132 Å². The lowest BCUT2D eigenvalue weighted by Gasteiger charge is -2.30. The van der Waals surface area contributed by atoms with Crippen molar-refractivity contribution in [3.63, 3.8) is 0 Å². The minimum atomic E-state index is -1.23. The maximum absolute atomic E-state index is 12.5. The van der Waals surface area contributed by atoms with Crippen molar-refractivity contribution in [3.8, 4) is 0 Å². The van der Waals surface area contributed by atoms with Crippen LogP contribution in [0.2, 0.25) is 0 Å². The van der Waals surface area contributed by atoms with Crippen molar-refractivity contribution in [2.45, 2.75) is 46.5 Å². The second-order valence-electron chi connectivity index (χ2n) is 5.39. The topological polar surface area (TPSA) is 52.6 Å². The van der Waals surface area contributed by atoms with Gasteiger partial charge in [0, 0.05) is 0 Å². The smallest absolute Gasteiger partial charge is 0.323 e. The van der Waals surface area contributed by atoms with Gasteiger partial charge in [0.15, 0.2) is 5.41 Å². The first-order valence-corrected chi connectivity index (χ1v) is 7.91. The summed E-state index contributed by atoms with van der Waals surface area (Å²) in [6, 6.07) is 9.85. The highest BCUT2D eigenvalue weighted by Crippen LogP contribution is 2.37. The predicted octanol–water partition coefficient (Wildman–Crippen LogP) is 3.70. The fourth-order valence-electron chi connectivity index (χ4n) is 2.64. The highest BCUT2D eigenvalue weighted by atomic mass is 16.6. The van der Waals surface area contributed by atoms with Crippen LogP contribution in [0.3, 0.4) is 0 Å². The molecule has 0 bridgehead atoms. The number of hydrogen-bond acceptors (Lipinski definition) is 4. The molecular formula is C18H26O4. The third kappa shape index (κ3) is 4.09. The molecule has 0 radical (unpaired) electrons. The third-order valence-electron chi connectivity index (χ3n) is 3.96. The molecule has 0 saturated heterocycles. The quantitative estimate of drug-likeness (QED) is 0.543. The Kier molecular flexibility index (Phi) is 7.09. The number of carbonyl (C=O) groups is 2. The summed E-state index contributed by atoms with van der Waals surface area (Å²) in [4.78, 5) is 24.9. The van der Waals surface area contributed by atoms with Gasteiger partial charge in [-0.25, -0.2) is 0 Å². The lowest BCUT2D eigenvalue weighted by Crippen LogP contribution is -2.42. The van der Waals surface area contributed by atoms with E-state index in [-0.39, 0.29) is 19.1 Å². The Morgan fingerprint density at radius 3 is 1.91 bits per heavy atom. The van der Waals surface area contributed by atoms with E-state index in [2.05, 4.69) is 0 Å². The van der Waals surface area contributed by atoms with Gasteiger partial charge in [-0.15, -0.1) is 0 Å². The summed E-state index contributed by atoms with van der Waals surface area (Å²) in [5.41, 5.74) is -0.143. The second kappa shape index (κ2) is 8.57. The standard InChI is InChI=1S/C18H26O4/c1-5-18(16(19)21-6-2,17(20)22-7-3)13-14(4)15-11-9-8-10-12-15/h8-12,14H,5-7,13H2,1-4H3. The molecule has 1 rings (SSSR count). The first kappa shape index (κ1) is 18.2. The molecule has 122 valence electrons. The van der Waals surface area contributed by atoms with E-state index in [4.69, 9.17) is 9.47 Å². The van der Waals surface area contributed by atoms with Crippen molar-refractivity contribution in [1.29, 1.82) is 0 Å². The van der Waals surface area contributed by atoms with Gasteiger partial charge in [-0.3, -0.25) is 9.59 Å². The molecule has 0 amide bonds. The Bertz CT molecular complexity index is 463. The average molecular weight is 306 g/mol. The molecule has 22 heavy (non-hydrogen) atoms. The Hall–Kier alpha value is -1.84. The zero-order valence-corrected chi connectivity index (χ0v) is 13.9. The van der Waals surface area contributed by atoms with Crippen molar-refractivity contribution in [3.05, 3.63) is 35.9 Å². The number of rotatable bonds is 8. The van der Waals surface area contributed by atoms with Gasteiger partial charge in [0.2, 0.25) is 0 Å². The molecule has 0 aliphatic rings. The molecule has 0 N–H and O–H groups in total. The van der Waals surface area contributed by atoms with Crippen LogP contribution in [0.1, 0.15) is 52.0 Å². The molecule has 0 fully saturated rings. The van der Waals surface area contributed by atoms with E-state index in [0.717, 1.165) is 5.56 Å². The van der Waals surface area contributed by atoms with E-state index in [1.807, 2.05) is 44.2 Å². The summed E-state index contributed by atoms with van der Waals surface area (Å²) < 4.78 is 10.3. The monoisotopic (exact) mass is 306 g/mol. The number of benzene rings is 1. The number of hydrogen-bond donors (Lipinski definition) is 0. The fourth-order valence-corrected chi connectivity index (χ4v) is 2.64. The molecule has 0 saturated carbocycles. The van der Waals surface area contributed by atoms with Gasteiger partial charge >= 0.3 is 11.9 Å². The molecule has 4 nitrogen and oxygen atoms in total. The Morgan fingerprint density at radius 2 is 1.50 bits per heavy atom. The highest BCUT2D eigenvalue weighted by molar-refractivity contribution is 6.00.